The van der Waals surface area contributed by atoms with E-state index in [0.29, 0.717) is 25.2 Å². The van der Waals surface area contributed by atoms with E-state index < -0.39 is 0 Å². The van der Waals surface area contributed by atoms with E-state index in [2.05, 4.69) is 15.2 Å². The molecule has 4 heterocycles. The summed E-state index contributed by atoms with van der Waals surface area (Å²) >= 11 is 0. The highest BCUT2D eigenvalue weighted by Crippen LogP contribution is 2.25. The molecule has 1 aromatic heterocycles. The smallest absolute Gasteiger partial charge is 0.227 e. The maximum absolute atomic E-state index is 13.0. The summed E-state index contributed by atoms with van der Waals surface area (Å²) in [5.74, 6) is 0.594. The Hall–Kier alpha value is -2.54. The van der Waals surface area contributed by atoms with Crippen LogP contribution in [0.4, 0.5) is 10.3 Å². The van der Waals surface area contributed by atoms with Crippen LogP contribution in [0.2, 0.25) is 0 Å². The molecule has 28 heavy (non-hydrogen) atoms. The van der Waals surface area contributed by atoms with Gasteiger partial charge in [-0.05, 0) is 30.5 Å². The largest absolute Gasteiger partial charge is 0.338 e. The number of carbonyl (C=O) groups is 1. The van der Waals surface area contributed by atoms with Gasteiger partial charge in [-0.25, -0.2) is 14.4 Å². The van der Waals surface area contributed by atoms with E-state index in [1.807, 2.05) is 11.1 Å². The van der Waals surface area contributed by atoms with Crippen LogP contribution in [-0.4, -0.2) is 52.5 Å². The third-order valence-corrected chi connectivity index (χ3v) is 6.04. The highest BCUT2D eigenvalue weighted by molar-refractivity contribution is 5.79. The topological polar surface area (TPSA) is 61.4 Å². The van der Waals surface area contributed by atoms with Crippen LogP contribution in [0, 0.1) is 5.82 Å². The molecule has 2 bridgehead atoms. The zero-order valence-electron chi connectivity index (χ0n) is 15.8. The summed E-state index contributed by atoms with van der Waals surface area (Å²) in [6.07, 6.45) is 5.39. The molecule has 3 aliphatic rings. The standard InChI is InChI=1S/C21H24FN5O/c22-16-3-1-14(2-4-16)9-20(28)26-8-7-19-15(11-26)10-23-21(25-19)27-12-17-5-6-18(13-27)24-17/h1-4,10,17-18,24H,5-9,11-13H2. The van der Waals surface area contributed by atoms with Gasteiger partial charge >= 0.3 is 0 Å². The molecule has 1 amide bonds. The van der Waals surface area contributed by atoms with Crippen molar-refractivity contribution in [2.75, 3.05) is 24.5 Å². The number of halogens is 1. The molecule has 0 saturated carbocycles. The third-order valence-electron chi connectivity index (χ3n) is 6.04. The summed E-state index contributed by atoms with van der Waals surface area (Å²) in [6, 6.07) is 7.23. The van der Waals surface area contributed by atoms with Crippen molar-refractivity contribution in [1.29, 1.82) is 0 Å². The first-order chi connectivity index (χ1) is 13.6. The van der Waals surface area contributed by atoms with Gasteiger partial charge in [0.1, 0.15) is 5.82 Å². The molecule has 2 fully saturated rings. The Morgan fingerprint density at radius 2 is 1.93 bits per heavy atom. The monoisotopic (exact) mass is 381 g/mol. The lowest BCUT2D eigenvalue weighted by Crippen LogP contribution is -2.51. The average molecular weight is 381 g/mol. The molecule has 3 aliphatic heterocycles. The second kappa shape index (κ2) is 7.13. The maximum Gasteiger partial charge on any atom is 0.227 e. The molecule has 146 valence electrons. The van der Waals surface area contributed by atoms with Gasteiger partial charge in [0, 0.05) is 56.4 Å². The second-order valence-corrected chi connectivity index (χ2v) is 8.05. The molecule has 5 rings (SSSR count). The van der Waals surface area contributed by atoms with Gasteiger partial charge in [0.25, 0.3) is 0 Å². The Balaban J connectivity index is 1.26. The first-order valence-corrected chi connectivity index (χ1v) is 10.0. The van der Waals surface area contributed by atoms with E-state index in [9.17, 15) is 9.18 Å². The van der Waals surface area contributed by atoms with Crippen molar-refractivity contribution >= 4 is 11.9 Å². The van der Waals surface area contributed by atoms with E-state index in [1.54, 1.807) is 12.1 Å². The molecule has 6 nitrogen and oxygen atoms in total. The molecule has 2 aromatic rings. The highest BCUT2D eigenvalue weighted by atomic mass is 19.1. The molecule has 2 saturated heterocycles. The molecular formula is C21H24FN5O. The highest BCUT2D eigenvalue weighted by Gasteiger charge is 2.33. The third kappa shape index (κ3) is 3.46. The predicted molar refractivity (Wildman–Crippen MR) is 103 cm³/mol. The van der Waals surface area contributed by atoms with E-state index in [0.717, 1.165) is 42.3 Å². The van der Waals surface area contributed by atoms with Crippen LogP contribution < -0.4 is 10.2 Å². The van der Waals surface area contributed by atoms with Crippen LogP contribution in [-0.2, 0) is 24.2 Å². The van der Waals surface area contributed by atoms with Crippen molar-refractivity contribution in [1.82, 2.24) is 20.2 Å². The number of amides is 1. The fourth-order valence-electron chi connectivity index (χ4n) is 4.52. The number of benzene rings is 1. The zero-order valence-corrected chi connectivity index (χ0v) is 15.8. The van der Waals surface area contributed by atoms with Crippen LogP contribution in [0.5, 0.6) is 0 Å². The van der Waals surface area contributed by atoms with Crippen molar-refractivity contribution in [3.8, 4) is 0 Å². The molecule has 0 spiro atoms. The minimum Gasteiger partial charge on any atom is -0.338 e. The minimum absolute atomic E-state index is 0.0556. The van der Waals surface area contributed by atoms with Crippen molar-refractivity contribution in [2.45, 2.75) is 44.3 Å². The van der Waals surface area contributed by atoms with Gasteiger partial charge in [0.05, 0.1) is 12.1 Å². The Kier molecular flexibility index (Phi) is 4.47. The quantitative estimate of drug-likeness (QED) is 0.877. The molecule has 2 unspecified atom stereocenters. The Morgan fingerprint density at radius 1 is 1.18 bits per heavy atom. The van der Waals surface area contributed by atoms with Crippen molar-refractivity contribution in [2.24, 2.45) is 0 Å². The number of anilines is 1. The average Bonchev–Trinajstić information content (AvgIpc) is 3.06. The Labute approximate surface area is 163 Å². The summed E-state index contributed by atoms with van der Waals surface area (Å²) in [6.45, 7) is 3.15. The first-order valence-electron chi connectivity index (χ1n) is 10.0. The summed E-state index contributed by atoms with van der Waals surface area (Å²) in [5.41, 5.74) is 2.92. The van der Waals surface area contributed by atoms with Gasteiger partial charge in [-0.1, -0.05) is 12.1 Å². The molecule has 7 heteroatoms. The molecule has 1 N–H and O–H groups in total. The van der Waals surface area contributed by atoms with Gasteiger partial charge in [-0.15, -0.1) is 0 Å². The number of carbonyl (C=O) groups excluding carboxylic acids is 1. The number of hydrogen-bond acceptors (Lipinski definition) is 5. The van der Waals surface area contributed by atoms with E-state index in [4.69, 9.17) is 4.98 Å². The minimum atomic E-state index is -0.284. The lowest BCUT2D eigenvalue weighted by Gasteiger charge is -2.34. The van der Waals surface area contributed by atoms with Crippen molar-refractivity contribution in [3.05, 3.63) is 53.1 Å². The number of fused-ring (bicyclic) bond motifs is 3. The van der Waals surface area contributed by atoms with Gasteiger partial charge in [0.2, 0.25) is 11.9 Å². The van der Waals surface area contributed by atoms with Crippen molar-refractivity contribution in [3.63, 3.8) is 0 Å². The summed E-state index contributed by atoms with van der Waals surface area (Å²) < 4.78 is 13.0. The second-order valence-electron chi connectivity index (χ2n) is 8.05. The summed E-state index contributed by atoms with van der Waals surface area (Å²) in [4.78, 5) is 26.2. The van der Waals surface area contributed by atoms with Crippen LogP contribution in [0.25, 0.3) is 0 Å². The molecule has 0 aliphatic carbocycles. The number of hydrogen-bond donors (Lipinski definition) is 1. The summed E-state index contributed by atoms with van der Waals surface area (Å²) in [7, 11) is 0. The van der Waals surface area contributed by atoms with Crippen LogP contribution in [0.3, 0.4) is 0 Å². The lowest BCUT2D eigenvalue weighted by atomic mass is 10.1. The van der Waals surface area contributed by atoms with E-state index >= 15 is 0 Å². The van der Waals surface area contributed by atoms with Gasteiger partial charge < -0.3 is 15.1 Å². The molecule has 0 radical (unpaired) electrons. The number of piperazine rings is 1. The predicted octanol–water partition coefficient (Wildman–Crippen LogP) is 1.68. The SMILES string of the molecule is O=C(Cc1ccc(F)cc1)N1CCc2nc(N3CC4CCC(C3)N4)ncc2C1. The van der Waals surface area contributed by atoms with Gasteiger partial charge in [-0.3, -0.25) is 4.79 Å². The lowest BCUT2D eigenvalue weighted by molar-refractivity contribution is -0.131. The Bertz CT molecular complexity index is 875. The van der Waals surface area contributed by atoms with Gasteiger partial charge in [0.15, 0.2) is 0 Å². The molecular weight excluding hydrogens is 357 g/mol. The number of nitrogens with one attached hydrogen (secondary N) is 1. The number of nitrogens with zero attached hydrogens (tertiary/aromatic N) is 4. The molecule has 1 aromatic carbocycles. The van der Waals surface area contributed by atoms with E-state index in [1.165, 1.54) is 25.0 Å². The van der Waals surface area contributed by atoms with Gasteiger partial charge in [-0.2, -0.15) is 0 Å². The maximum atomic E-state index is 13.0. The van der Waals surface area contributed by atoms with Crippen LogP contribution in [0.1, 0.15) is 29.7 Å². The first kappa shape index (κ1) is 17.6. The Morgan fingerprint density at radius 3 is 2.68 bits per heavy atom. The normalized spacial score (nSPS) is 23.6. The summed E-state index contributed by atoms with van der Waals surface area (Å²) in [5, 5.41) is 3.63. The fraction of sp³-hybridized carbons (Fsp3) is 0.476. The van der Waals surface area contributed by atoms with E-state index in [-0.39, 0.29) is 18.1 Å². The zero-order chi connectivity index (χ0) is 19.1. The van der Waals surface area contributed by atoms with Crippen LogP contribution in [0.15, 0.2) is 30.5 Å². The number of rotatable bonds is 3. The van der Waals surface area contributed by atoms with Crippen molar-refractivity contribution < 1.29 is 9.18 Å². The molecule has 2 atom stereocenters. The van der Waals surface area contributed by atoms with Crippen LogP contribution >= 0.6 is 0 Å². The fourth-order valence-corrected chi connectivity index (χ4v) is 4.52. The number of aromatic nitrogens is 2.